The molecule has 4 amide bonds. The van der Waals surface area contributed by atoms with Gasteiger partial charge in [-0.05, 0) is 37.6 Å². The van der Waals surface area contributed by atoms with E-state index in [0.29, 0.717) is 5.76 Å². The van der Waals surface area contributed by atoms with Crippen LogP contribution in [0, 0.1) is 13.8 Å². The quantitative estimate of drug-likeness (QED) is 0.804. The standard InChI is InChI=1S/C17H17N3O5/c1-10-3-5-13(11(2)7-10)24-9-12-4-6-14(25-12)16(22)19-20-8-15(21)18-17(20)23/h3-7H,8-9H2,1-2H3,(H,19,22)(H,18,21,23). The zero-order valence-corrected chi connectivity index (χ0v) is 13.8. The van der Waals surface area contributed by atoms with E-state index in [0.717, 1.165) is 21.9 Å². The minimum Gasteiger partial charge on any atom is -0.485 e. The average molecular weight is 343 g/mol. The van der Waals surface area contributed by atoms with Crippen molar-refractivity contribution in [3.8, 4) is 5.75 Å². The number of ether oxygens (including phenoxy) is 1. The first-order valence-corrected chi connectivity index (χ1v) is 7.63. The molecule has 1 fully saturated rings. The van der Waals surface area contributed by atoms with Gasteiger partial charge in [0.15, 0.2) is 5.76 Å². The molecule has 8 heteroatoms. The first-order chi connectivity index (χ1) is 11.9. The number of rotatable bonds is 5. The van der Waals surface area contributed by atoms with Gasteiger partial charge in [0.2, 0.25) is 5.91 Å². The molecule has 1 aromatic heterocycles. The van der Waals surface area contributed by atoms with Crippen LogP contribution in [0.5, 0.6) is 5.75 Å². The highest BCUT2D eigenvalue weighted by Crippen LogP contribution is 2.20. The molecule has 3 rings (SSSR count). The number of carbonyl (C=O) groups is 3. The maximum Gasteiger partial charge on any atom is 0.343 e. The third kappa shape index (κ3) is 3.79. The van der Waals surface area contributed by atoms with E-state index in [1.54, 1.807) is 6.07 Å². The van der Waals surface area contributed by atoms with Gasteiger partial charge in [-0.1, -0.05) is 17.7 Å². The molecule has 0 saturated carbocycles. The fraction of sp³-hybridized carbons (Fsp3) is 0.235. The summed E-state index contributed by atoms with van der Waals surface area (Å²) >= 11 is 0. The largest absolute Gasteiger partial charge is 0.485 e. The third-order valence-corrected chi connectivity index (χ3v) is 3.62. The fourth-order valence-electron chi connectivity index (χ4n) is 2.40. The molecule has 0 bridgehead atoms. The maximum absolute atomic E-state index is 12.1. The number of nitrogens with one attached hydrogen (secondary N) is 2. The second-order valence-electron chi connectivity index (χ2n) is 5.70. The van der Waals surface area contributed by atoms with Gasteiger partial charge < -0.3 is 9.15 Å². The second-order valence-corrected chi connectivity index (χ2v) is 5.70. The number of urea groups is 1. The van der Waals surface area contributed by atoms with Crippen LogP contribution < -0.4 is 15.5 Å². The molecular weight excluding hydrogens is 326 g/mol. The normalized spacial score (nSPS) is 13.8. The van der Waals surface area contributed by atoms with Gasteiger partial charge in [0, 0.05) is 0 Å². The van der Waals surface area contributed by atoms with E-state index in [2.05, 4.69) is 10.7 Å². The van der Waals surface area contributed by atoms with Crippen LogP contribution >= 0.6 is 0 Å². The highest BCUT2D eigenvalue weighted by atomic mass is 16.5. The van der Waals surface area contributed by atoms with Crippen LogP contribution in [0.2, 0.25) is 0 Å². The minimum absolute atomic E-state index is 0.0198. The van der Waals surface area contributed by atoms with Crippen LogP contribution in [0.25, 0.3) is 0 Å². The molecule has 8 nitrogen and oxygen atoms in total. The van der Waals surface area contributed by atoms with Crippen molar-refractivity contribution in [2.24, 2.45) is 0 Å². The lowest BCUT2D eigenvalue weighted by atomic mass is 10.1. The summed E-state index contributed by atoms with van der Waals surface area (Å²) in [6, 6.07) is 8.26. The van der Waals surface area contributed by atoms with Crippen molar-refractivity contribution in [1.29, 1.82) is 0 Å². The number of furan rings is 1. The monoisotopic (exact) mass is 343 g/mol. The highest BCUT2D eigenvalue weighted by molar-refractivity contribution is 6.03. The Bertz CT molecular complexity index is 843. The van der Waals surface area contributed by atoms with Crippen molar-refractivity contribution < 1.29 is 23.5 Å². The van der Waals surface area contributed by atoms with Crippen LogP contribution in [-0.2, 0) is 11.4 Å². The number of benzene rings is 1. The number of imide groups is 1. The summed E-state index contributed by atoms with van der Waals surface area (Å²) in [5.74, 6) is 0.119. The van der Waals surface area contributed by atoms with E-state index in [9.17, 15) is 14.4 Å². The Hall–Kier alpha value is -3.29. The van der Waals surface area contributed by atoms with Crippen LogP contribution in [0.3, 0.4) is 0 Å². The first kappa shape index (κ1) is 16.6. The van der Waals surface area contributed by atoms with Gasteiger partial charge in [-0.25, -0.2) is 9.80 Å². The number of carbonyl (C=O) groups excluding carboxylic acids is 3. The third-order valence-electron chi connectivity index (χ3n) is 3.62. The zero-order valence-electron chi connectivity index (χ0n) is 13.8. The van der Waals surface area contributed by atoms with Gasteiger partial charge in [0.05, 0.1) is 0 Å². The maximum atomic E-state index is 12.1. The van der Waals surface area contributed by atoms with Crippen molar-refractivity contribution in [2.45, 2.75) is 20.5 Å². The lowest BCUT2D eigenvalue weighted by Crippen LogP contribution is -2.44. The van der Waals surface area contributed by atoms with Crippen molar-refractivity contribution in [3.05, 3.63) is 53.0 Å². The predicted octanol–water partition coefficient (Wildman–Crippen LogP) is 1.67. The minimum atomic E-state index is -0.677. The molecule has 1 aromatic carbocycles. The number of amides is 4. The lowest BCUT2D eigenvalue weighted by Gasteiger charge is -2.13. The molecule has 0 atom stereocenters. The molecule has 130 valence electrons. The molecule has 2 N–H and O–H groups in total. The molecule has 1 aliphatic heterocycles. The summed E-state index contributed by atoms with van der Waals surface area (Å²) in [5, 5.41) is 2.95. The molecule has 1 aliphatic rings. The summed E-state index contributed by atoms with van der Waals surface area (Å²) in [6.07, 6.45) is 0. The van der Waals surface area contributed by atoms with Crippen LogP contribution in [0.15, 0.2) is 34.7 Å². The number of aryl methyl sites for hydroxylation is 2. The SMILES string of the molecule is Cc1ccc(OCc2ccc(C(=O)NN3CC(=O)NC3=O)o2)c(C)c1. The van der Waals surface area contributed by atoms with Crippen molar-refractivity contribution in [2.75, 3.05) is 6.54 Å². The summed E-state index contributed by atoms with van der Waals surface area (Å²) in [6.45, 7) is 3.89. The Kier molecular flexibility index (Phi) is 4.42. The molecule has 0 radical (unpaired) electrons. The van der Waals surface area contributed by atoms with Crippen molar-refractivity contribution >= 4 is 17.8 Å². The predicted molar refractivity (Wildman–Crippen MR) is 86.7 cm³/mol. The first-order valence-electron chi connectivity index (χ1n) is 7.63. The number of hydrogen-bond donors (Lipinski definition) is 2. The number of hydrogen-bond acceptors (Lipinski definition) is 5. The van der Waals surface area contributed by atoms with Crippen LogP contribution in [0.1, 0.15) is 27.4 Å². The Labute approximate surface area is 143 Å². The molecule has 2 aromatic rings. The van der Waals surface area contributed by atoms with Gasteiger partial charge in [0.1, 0.15) is 24.7 Å². The van der Waals surface area contributed by atoms with Gasteiger partial charge in [-0.2, -0.15) is 0 Å². The Morgan fingerprint density at radius 2 is 2.08 bits per heavy atom. The molecule has 2 heterocycles. The summed E-state index contributed by atoms with van der Waals surface area (Å²) in [4.78, 5) is 34.5. The number of nitrogens with zero attached hydrogens (tertiary/aromatic N) is 1. The zero-order chi connectivity index (χ0) is 18.0. The smallest absolute Gasteiger partial charge is 0.343 e. The van der Waals surface area contributed by atoms with Crippen molar-refractivity contribution in [1.82, 2.24) is 15.8 Å². The molecular formula is C17H17N3O5. The van der Waals surface area contributed by atoms with Crippen LogP contribution in [-0.4, -0.2) is 29.4 Å². The highest BCUT2D eigenvalue weighted by Gasteiger charge is 2.29. The van der Waals surface area contributed by atoms with E-state index in [-0.39, 0.29) is 18.9 Å². The van der Waals surface area contributed by atoms with Gasteiger partial charge >= 0.3 is 11.9 Å². The van der Waals surface area contributed by atoms with E-state index in [4.69, 9.17) is 9.15 Å². The Morgan fingerprint density at radius 3 is 2.76 bits per heavy atom. The Balaban J connectivity index is 1.59. The topological polar surface area (TPSA) is 101 Å². The molecule has 0 spiro atoms. The van der Waals surface area contributed by atoms with E-state index >= 15 is 0 Å². The van der Waals surface area contributed by atoms with E-state index in [1.165, 1.54) is 6.07 Å². The molecule has 1 saturated heterocycles. The summed E-state index contributed by atoms with van der Waals surface area (Å²) < 4.78 is 11.1. The molecule has 0 aliphatic carbocycles. The Morgan fingerprint density at radius 1 is 1.28 bits per heavy atom. The van der Waals surface area contributed by atoms with E-state index < -0.39 is 17.8 Å². The van der Waals surface area contributed by atoms with E-state index in [1.807, 2.05) is 32.0 Å². The lowest BCUT2D eigenvalue weighted by molar-refractivity contribution is -0.118. The fourth-order valence-corrected chi connectivity index (χ4v) is 2.40. The van der Waals surface area contributed by atoms with Crippen molar-refractivity contribution in [3.63, 3.8) is 0 Å². The molecule has 0 unspecified atom stereocenters. The van der Waals surface area contributed by atoms with Gasteiger partial charge in [-0.15, -0.1) is 0 Å². The average Bonchev–Trinajstić information content (AvgIpc) is 3.13. The van der Waals surface area contributed by atoms with Gasteiger partial charge in [-0.3, -0.25) is 20.3 Å². The van der Waals surface area contributed by atoms with Gasteiger partial charge in [0.25, 0.3) is 0 Å². The summed E-state index contributed by atoms with van der Waals surface area (Å²) in [5.41, 5.74) is 4.46. The molecule has 25 heavy (non-hydrogen) atoms. The number of hydrazine groups is 1. The van der Waals surface area contributed by atoms with Crippen LogP contribution in [0.4, 0.5) is 4.79 Å². The summed E-state index contributed by atoms with van der Waals surface area (Å²) in [7, 11) is 0. The second kappa shape index (κ2) is 6.68.